The Balaban J connectivity index is 1.46. The lowest BCUT2D eigenvalue weighted by atomic mass is 9.90. The van der Waals surface area contributed by atoms with Gasteiger partial charge in [0, 0.05) is 10.0 Å². The molecule has 5 aromatic rings. The van der Waals surface area contributed by atoms with Crippen LogP contribution in [0.15, 0.2) is 127 Å². The molecule has 1 N–H and O–H groups in total. The SMILES string of the molecule is CCC(COc1ccc(OC(C)C(=O)O)cc1)=C(c1ccc(-c2ccc(Cl)cc2)cc1)c1ccc(-c2ccc(Cl)cc2)cc1. The van der Waals surface area contributed by atoms with Gasteiger partial charge in [-0.05, 0) is 106 Å². The Morgan fingerprint density at radius 1 is 0.636 bits per heavy atom. The van der Waals surface area contributed by atoms with Crippen molar-refractivity contribution in [1.29, 1.82) is 0 Å². The molecule has 0 aliphatic heterocycles. The fourth-order valence-electron chi connectivity index (χ4n) is 4.91. The van der Waals surface area contributed by atoms with Crippen LogP contribution in [0.2, 0.25) is 10.0 Å². The highest BCUT2D eigenvalue weighted by Gasteiger charge is 2.15. The monoisotopic (exact) mass is 622 g/mol. The lowest BCUT2D eigenvalue weighted by molar-refractivity contribution is -0.144. The number of carboxylic acid groups (broad SMARTS) is 1. The topological polar surface area (TPSA) is 55.8 Å². The molecule has 5 rings (SSSR count). The van der Waals surface area contributed by atoms with Crippen LogP contribution in [0, 0.1) is 0 Å². The van der Waals surface area contributed by atoms with Crippen molar-refractivity contribution < 1.29 is 19.4 Å². The molecule has 0 aliphatic carbocycles. The van der Waals surface area contributed by atoms with Crippen LogP contribution in [-0.2, 0) is 4.79 Å². The maximum absolute atomic E-state index is 11.1. The molecule has 0 amide bonds. The smallest absolute Gasteiger partial charge is 0.344 e. The molecule has 0 spiro atoms. The maximum atomic E-state index is 11.1. The number of ether oxygens (including phenoxy) is 2. The molecule has 6 heteroatoms. The lowest BCUT2D eigenvalue weighted by Crippen LogP contribution is -2.22. The normalized spacial score (nSPS) is 11.5. The molecule has 0 saturated heterocycles. The van der Waals surface area contributed by atoms with E-state index in [1.807, 2.05) is 48.5 Å². The summed E-state index contributed by atoms with van der Waals surface area (Å²) >= 11 is 12.2. The summed E-state index contributed by atoms with van der Waals surface area (Å²) in [6.45, 7) is 4.01. The van der Waals surface area contributed by atoms with Gasteiger partial charge >= 0.3 is 5.97 Å². The number of carbonyl (C=O) groups is 1. The molecule has 5 aromatic carbocycles. The van der Waals surface area contributed by atoms with Gasteiger partial charge in [-0.1, -0.05) is 103 Å². The molecule has 1 unspecified atom stereocenters. The van der Waals surface area contributed by atoms with Crippen molar-refractivity contribution in [3.63, 3.8) is 0 Å². The van der Waals surface area contributed by atoms with E-state index in [0.29, 0.717) is 28.2 Å². The minimum atomic E-state index is -1.02. The van der Waals surface area contributed by atoms with Gasteiger partial charge in [-0.2, -0.15) is 0 Å². The first kappa shape index (κ1) is 30.9. The number of carboxylic acids is 1. The summed E-state index contributed by atoms with van der Waals surface area (Å²) in [6.07, 6.45) is -0.152. The van der Waals surface area contributed by atoms with E-state index in [2.05, 4.69) is 55.5 Å². The summed E-state index contributed by atoms with van der Waals surface area (Å²) < 4.78 is 11.7. The van der Waals surface area contributed by atoms with E-state index < -0.39 is 12.1 Å². The molecule has 0 radical (unpaired) electrons. The molecule has 1 atom stereocenters. The molecule has 4 nitrogen and oxygen atoms in total. The zero-order chi connectivity index (χ0) is 31.1. The van der Waals surface area contributed by atoms with Crippen LogP contribution in [0.5, 0.6) is 11.5 Å². The average molecular weight is 624 g/mol. The van der Waals surface area contributed by atoms with E-state index in [4.69, 9.17) is 37.8 Å². The first-order valence-electron chi connectivity index (χ1n) is 14.4. The zero-order valence-electron chi connectivity index (χ0n) is 24.5. The first-order chi connectivity index (χ1) is 21.3. The van der Waals surface area contributed by atoms with E-state index >= 15 is 0 Å². The summed E-state index contributed by atoms with van der Waals surface area (Å²) in [5.41, 5.74) is 8.86. The Labute approximate surface area is 268 Å². The largest absolute Gasteiger partial charge is 0.489 e. The fourth-order valence-corrected chi connectivity index (χ4v) is 5.16. The predicted molar refractivity (Wildman–Crippen MR) is 180 cm³/mol. The van der Waals surface area contributed by atoms with Crippen LogP contribution < -0.4 is 9.47 Å². The summed E-state index contributed by atoms with van der Waals surface area (Å²) in [6, 6.07) is 39.8. The second-order valence-electron chi connectivity index (χ2n) is 10.4. The lowest BCUT2D eigenvalue weighted by Gasteiger charge is -2.18. The highest BCUT2D eigenvalue weighted by atomic mass is 35.5. The van der Waals surface area contributed by atoms with Gasteiger partial charge in [0.1, 0.15) is 18.1 Å². The van der Waals surface area contributed by atoms with Gasteiger partial charge < -0.3 is 14.6 Å². The van der Waals surface area contributed by atoms with Crippen LogP contribution in [0.1, 0.15) is 31.4 Å². The predicted octanol–water partition coefficient (Wildman–Crippen LogP) is 10.5. The van der Waals surface area contributed by atoms with Crippen molar-refractivity contribution in [2.24, 2.45) is 0 Å². The van der Waals surface area contributed by atoms with Gasteiger partial charge in [-0.3, -0.25) is 0 Å². The highest BCUT2D eigenvalue weighted by molar-refractivity contribution is 6.30. The summed E-state index contributed by atoms with van der Waals surface area (Å²) in [5.74, 6) is 0.125. The fraction of sp³-hybridized carbons (Fsp3) is 0.132. The number of hydrogen-bond donors (Lipinski definition) is 1. The van der Waals surface area contributed by atoms with E-state index in [1.54, 1.807) is 24.3 Å². The average Bonchev–Trinajstić information content (AvgIpc) is 3.05. The van der Waals surface area contributed by atoms with Gasteiger partial charge in [0.05, 0.1) is 0 Å². The van der Waals surface area contributed by atoms with Crippen molar-refractivity contribution in [3.8, 4) is 33.8 Å². The Morgan fingerprint density at radius 2 is 1.02 bits per heavy atom. The third kappa shape index (κ3) is 7.71. The van der Waals surface area contributed by atoms with Crippen molar-refractivity contribution in [1.82, 2.24) is 0 Å². The third-order valence-corrected chi connectivity index (χ3v) is 7.88. The number of halogens is 2. The van der Waals surface area contributed by atoms with Gasteiger partial charge in [-0.15, -0.1) is 0 Å². The Bertz CT molecular complexity index is 1630. The second kappa shape index (κ2) is 14.3. The Kier molecular flexibility index (Phi) is 10.1. The molecule has 0 aliphatic rings. The van der Waals surface area contributed by atoms with Crippen molar-refractivity contribution in [2.45, 2.75) is 26.4 Å². The van der Waals surface area contributed by atoms with Crippen LogP contribution in [0.25, 0.3) is 27.8 Å². The van der Waals surface area contributed by atoms with Gasteiger partial charge in [0.25, 0.3) is 0 Å². The third-order valence-electron chi connectivity index (χ3n) is 7.38. The summed E-state index contributed by atoms with van der Waals surface area (Å²) in [7, 11) is 0. The van der Waals surface area contributed by atoms with E-state index in [1.165, 1.54) is 6.92 Å². The summed E-state index contributed by atoms with van der Waals surface area (Å²) in [5, 5.41) is 10.5. The number of hydrogen-bond acceptors (Lipinski definition) is 3. The van der Waals surface area contributed by atoms with Gasteiger partial charge in [0.15, 0.2) is 6.10 Å². The number of rotatable bonds is 11. The molecule has 0 fully saturated rings. The van der Waals surface area contributed by atoms with Crippen molar-refractivity contribution >= 4 is 34.7 Å². The standard InChI is InChI=1S/C38H32Cl2O4/c1-3-26(24-43-35-20-22-36(23-21-35)44-25(2)38(41)42)37(31-8-4-27(5-9-31)29-12-16-33(39)17-13-29)32-10-6-28(7-11-32)30-14-18-34(40)19-15-30/h4-23,25H,3,24H2,1-2H3,(H,41,42). The molecule has 0 saturated carbocycles. The van der Waals surface area contributed by atoms with E-state index in [9.17, 15) is 4.79 Å². The quantitative estimate of drug-likeness (QED) is 0.159. The number of benzene rings is 5. The van der Waals surface area contributed by atoms with E-state index in [-0.39, 0.29) is 0 Å². The molecular weight excluding hydrogens is 591 g/mol. The van der Waals surface area contributed by atoms with Gasteiger partial charge in [-0.25, -0.2) is 4.79 Å². The van der Waals surface area contributed by atoms with Crippen LogP contribution >= 0.6 is 23.2 Å². The first-order valence-corrected chi connectivity index (χ1v) is 15.1. The zero-order valence-corrected chi connectivity index (χ0v) is 26.0. The number of aliphatic carboxylic acids is 1. The van der Waals surface area contributed by atoms with Crippen molar-refractivity contribution in [3.05, 3.63) is 148 Å². The van der Waals surface area contributed by atoms with Gasteiger partial charge in [0.2, 0.25) is 0 Å². The Morgan fingerprint density at radius 3 is 1.41 bits per heavy atom. The summed E-state index contributed by atoms with van der Waals surface area (Å²) in [4.78, 5) is 11.1. The molecular formula is C38H32Cl2O4. The molecule has 0 heterocycles. The van der Waals surface area contributed by atoms with Crippen molar-refractivity contribution in [2.75, 3.05) is 6.61 Å². The van der Waals surface area contributed by atoms with Crippen LogP contribution in [0.3, 0.4) is 0 Å². The van der Waals surface area contributed by atoms with Crippen LogP contribution in [-0.4, -0.2) is 23.8 Å². The van der Waals surface area contributed by atoms with E-state index in [0.717, 1.165) is 50.9 Å². The molecule has 44 heavy (non-hydrogen) atoms. The van der Waals surface area contributed by atoms with Crippen LogP contribution in [0.4, 0.5) is 0 Å². The maximum Gasteiger partial charge on any atom is 0.344 e. The minimum absolute atomic E-state index is 0.384. The highest BCUT2D eigenvalue weighted by Crippen LogP contribution is 2.33. The minimum Gasteiger partial charge on any atom is -0.489 e. The molecule has 0 aromatic heterocycles. The molecule has 222 valence electrons. The second-order valence-corrected chi connectivity index (χ2v) is 11.2. The Hall–Kier alpha value is -4.51. The molecule has 0 bridgehead atoms.